The molecule has 0 aliphatic heterocycles. The van der Waals surface area contributed by atoms with Crippen molar-refractivity contribution in [3.05, 3.63) is 36.4 Å². The first kappa shape index (κ1) is 20.6. The number of ether oxygens (including phenoxy) is 2. The zero-order chi connectivity index (χ0) is 18.5. The monoisotopic (exact) mass is 356 g/mol. The third-order valence-corrected chi connectivity index (χ3v) is 4.82. The van der Waals surface area contributed by atoms with Crippen LogP contribution in [0.2, 0.25) is 0 Å². The molecule has 0 bridgehead atoms. The molecule has 0 aliphatic rings. The van der Waals surface area contributed by atoms with Gasteiger partial charge in [-0.15, -0.1) is 0 Å². The Kier molecular flexibility index (Phi) is 10.0. The molecule has 0 saturated carbocycles. The predicted molar refractivity (Wildman–Crippen MR) is 112 cm³/mol. The second-order valence-corrected chi connectivity index (χ2v) is 7.20. The molecule has 2 aromatic rings. The minimum atomic E-state index is 0.809. The number of fused-ring (bicyclic) bond motifs is 1. The molecule has 0 fully saturated rings. The molecular weight excluding hydrogens is 320 g/mol. The fourth-order valence-electron chi connectivity index (χ4n) is 3.17. The van der Waals surface area contributed by atoms with Crippen LogP contribution in [0, 0.1) is 0 Å². The normalized spacial score (nSPS) is 11.0. The van der Waals surface area contributed by atoms with Crippen LogP contribution in [0.15, 0.2) is 36.4 Å². The lowest BCUT2D eigenvalue weighted by Crippen LogP contribution is -1.98. The first-order chi connectivity index (χ1) is 12.8. The van der Waals surface area contributed by atoms with Crippen molar-refractivity contribution in [3.8, 4) is 11.5 Å². The van der Waals surface area contributed by atoms with E-state index in [4.69, 9.17) is 9.47 Å². The van der Waals surface area contributed by atoms with Crippen molar-refractivity contribution in [2.75, 3.05) is 13.2 Å². The minimum Gasteiger partial charge on any atom is -0.494 e. The third kappa shape index (κ3) is 7.68. The topological polar surface area (TPSA) is 18.5 Å². The van der Waals surface area contributed by atoms with Crippen LogP contribution in [-0.2, 0) is 0 Å². The summed E-state index contributed by atoms with van der Waals surface area (Å²) in [6, 6.07) is 12.7. The summed E-state index contributed by atoms with van der Waals surface area (Å²) in [5.41, 5.74) is 0. The Hall–Kier alpha value is -1.70. The molecule has 0 saturated heterocycles. The lowest BCUT2D eigenvalue weighted by molar-refractivity contribution is 0.304. The molecule has 2 nitrogen and oxygen atoms in total. The SMILES string of the molecule is CCCCCCCOc1ccc2ccc(OCCCCCCC)cc2c1. The van der Waals surface area contributed by atoms with E-state index in [1.807, 2.05) is 0 Å². The Morgan fingerprint density at radius 3 is 1.46 bits per heavy atom. The number of hydrogen-bond donors (Lipinski definition) is 0. The van der Waals surface area contributed by atoms with Crippen LogP contribution in [0.25, 0.3) is 10.8 Å². The van der Waals surface area contributed by atoms with Crippen molar-refractivity contribution in [2.24, 2.45) is 0 Å². The first-order valence-electron chi connectivity index (χ1n) is 10.6. The summed E-state index contributed by atoms with van der Waals surface area (Å²) in [7, 11) is 0. The molecule has 0 aliphatic carbocycles. The van der Waals surface area contributed by atoms with E-state index in [9.17, 15) is 0 Å². The summed E-state index contributed by atoms with van der Waals surface area (Å²) in [5, 5.41) is 2.42. The zero-order valence-corrected chi connectivity index (χ0v) is 16.8. The second-order valence-electron chi connectivity index (χ2n) is 7.20. The molecule has 2 heteroatoms. The van der Waals surface area contributed by atoms with Crippen LogP contribution in [0.3, 0.4) is 0 Å². The van der Waals surface area contributed by atoms with Gasteiger partial charge in [0, 0.05) is 0 Å². The lowest BCUT2D eigenvalue weighted by atomic mass is 10.1. The third-order valence-electron chi connectivity index (χ3n) is 4.82. The van der Waals surface area contributed by atoms with E-state index in [-0.39, 0.29) is 0 Å². The summed E-state index contributed by atoms with van der Waals surface area (Å²) in [6.45, 7) is 6.11. The molecule has 0 aromatic heterocycles. The lowest BCUT2D eigenvalue weighted by Gasteiger charge is -2.10. The van der Waals surface area contributed by atoms with E-state index in [0.29, 0.717) is 0 Å². The Balaban J connectivity index is 1.79. The smallest absolute Gasteiger partial charge is 0.119 e. The van der Waals surface area contributed by atoms with Gasteiger partial charge in [0.05, 0.1) is 13.2 Å². The number of rotatable bonds is 14. The molecule has 0 radical (unpaired) electrons. The summed E-state index contributed by atoms with van der Waals surface area (Å²) in [5.74, 6) is 1.93. The minimum absolute atomic E-state index is 0.809. The fraction of sp³-hybridized carbons (Fsp3) is 0.583. The highest BCUT2D eigenvalue weighted by molar-refractivity contribution is 5.85. The Bertz CT molecular complexity index is 570. The summed E-state index contributed by atoms with van der Waals surface area (Å²) in [6.07, 6.45) is 12.7. The van der Waals surface area contributed by atoms with Crippen molar-refractivity contribution in [1.29, 1.82) is 0 Å². The summed E-state index contributed by atoms with van der Waals surface area (Å²) in [4.78, 5) is 0. The summed E-state index contributed by atoms with van der Waals surface area (Å²) >= 11 is 0. The van der Waals surface area contributed by atoms with Gasteiger partial charge in [-0.05, 0) is 47.9 Å². The van der Waals surface area contributed by atoms with Crippen LogP contribution in [0.1, 0.15) is 78.1 Å². The Labute approximate surface area is 159 Å². The van der Waals surface area contributed by atoms with Crippen molar-refractivity contribution in [2.45, 2.75) is 78.1 Å². The molecule has 2 rings (SSSR count). The van der Waals surface area contributed by atoms with Gasteiger partial charge in [-0.1, -0.05) is 77.3 Å². The van der Waals surface area contributed by atoms with E-state index < -0.39 is 0 Å². The molecule has 26 heavy (non-hydrogen) atoms. The Morgan fingerprint density at radius 1 is 0.538 bits per heavy atom. The van der Waals surface area contributed by atoms with E-state index in [1.165, 1.54) is 62.1 Å². The molecule has 0 atom stereocenters. The standard InChI is InChI=1S/C24H36O2/c1-3-5-7-9-11-17-25-23-15-13-21-14-16-24(20-22(21)19-23)26-18-12-10-8-6-4-2/h13-16,19-20H,3-12,17-18H2,1-2H3. The predicted octanol–water partition coefficient (Wildman–Crippen LogP) is 7.54. The van der Waals surface area contributed by atoms with Crippen LogP contribution < -0.4 is 9.47 Å². The largest absolute Gasteiger partial charge is 0.494 e. The molecule has 0 amide bonds. The second kappa shape index (κ2) is 12.6. The van der Waals surface area contributed by atoms with E-state index in [2.05, 4.69) is 50.2 Å². The number of benzene rings is 2. The van der Waals surface area contributed by atoms with Gasteiger partial charge < -0.3 is 9.47 Å². The molecular formula is C24H36O2. The van der Waals surface area contributed by atoms with Crippen LogP contribution in [-0.4, -0.2) is 13.2 Å². The zero-order valence-electron chi connectivity index (χ0n) is 16.8. The van der Waals surface area contributed by atoms with E-state index in [0.717, 1.165) is 37.6 Å². The van der Waals surface area contributed by atoms with E-state index in [1.54, 1.807) is 0 Å². The molecule has 0 unspecified atom stereocenters. The maximum atomic E-state index is 5.93. The van der Waals surface area contributed by atoms with Crippen molar-refractivity contribution >= 4 is 10.8 Å². The average Bonchev–Trinajstić information content (AvgIpc) is 2.67. The molecule has 0 heterocycles. The van der Waals surface area contributed by atoms with Gasteiger partial charge in [-0.25, -0.2) is 0 Å². The molecule has 144 valence electrons. The van der Waals surface area contributed by atoms with E-state index >= 15 is 0 Å². The van der Waals surface area contributed by atoms with Crippen molar-refractivity contribution < 1.29 is 9.47 Å². The highest BCUT2D eigenvalue weighted by Crippen LogP contribution is 2.25. The van der Waals surface area contributed by atoms with Gasteiger partial charge in [0.2, 0.25) is 0 Å². The van der Waals surface area contributed by atoms with Gasteiger partial charge in [0.1, 0.15) is 11.5 Å². The van der Waals surface area contributed by atoms with Gasteiger partial charge in [-0.3, -0.25) is 0 Å². The molecule has 0 N–H and O–H groups in total. The Morgan fingerprint density at radius 2 is 1.00 bits per heavy atom. The van der Waals surface area contributed by atoms with Crippen molar-refractivity contribution in [3.63, 3.8) is 0 Å². The van der Waals surface area contributed by atoms with Gasteiger partial charge in [0.25, 0.3) is 0 Å². The highest BCUT2D eigenvalue weighted by atomic mass is 16.5. The highest BCUT2D eigenvalue weighted by Gasteiger charge is 2.01. The summed E-state index contributed by atoms with van der Waals surface area (Å²) < 4.78 is 11.9. The number of hydrogen-bond acceptors (Lipinski definition) is 2. The van der Waals surface area contributed by atoms with Crippen LogP contribution >= 0.6 is 0 Å². The van der Waals surface area contributed by atoms with Crippen LogP contribution in [0.4, 0.5) is 0 Å². The van der Waals surface area contributed by atoms with Crippen molar-refractivity contribution in [1.82, 2.24) is 0 Å². The van der Waals surface area contributed by atoms with Gasteiger partial charge in [-0.2, -0.15) is 0 Å². The quantitative estimate of drug-likeness (QED) is 0.325. The maximum absolute atomic E-state index is 5.93. The van der Waals surface area contributed by atoms with Gasteiger partial charge >= 0.3 is 0 Å². The first-order valence-corrected chi connectivity index (χ1v) is 10.6. The fourth-order valence-corrected chi connectivity index (χ4v) is 3.17. The molecule has 2 aromatic carbocycles. The molecule has 0 spiro atoms. The average molecular weight is 357 g/mol. The maximum Gasteiger partial charge on any atom is 0.119 e. The van der Waals surface area contributed by atoms with Crippen LogP contribution in [0.5, 0.6) is 11.5 Å². The number of unbranched alkanes of at least 4 members (excludes halogenated alkanes) is 8. The van der Waals surface area contributed by atoms with Gasteiger partial charge in [0.15, 0.2) is 0 Å².